The molecule has 0 saturated carbocycles. The van der Waals surface area contributed by atoms with E-state index in [1.165, 1.54) is 13.2 Å². The fraction of sp³-hybridized carbons (Fsp3) is 0.278. The van der Waals surface area contributed by atoms with Gasteiger partial charge in [-0.05, 0) is 72.7 Å². The van der Waals surface area contributed by atoms with Gasteiger partial charge in [0.2, 0.25) is 0 Å². The lowest BCUT2D eigenvalue weighted by atomic mass is 10.1. The minimum absolute atomic E-state index is 0.0207. The van der Waals surface area contributed by atoms with E-state index in [-0.39, 0.29) is 10.6 Å². The van der Waals surface area contributed by atoms with Crippen LogP contribution in [0, 0.1) is 13.8 Å². The Morgan fingerprint density at radius 1 is 1.11 bits per heavy atom. The van der Waals surface area contributed by atoms with E-state index in [9.17, 15) is 8.42 Å². The van der Waals surface area contributed by atoms with Gasteiger partial charge in [-0.25, -0.2) is 13.1 Å². The molecule has 1 heterocycles. The summed E-state index contributed by atoms with van der Waals surface area (Å²) in [6.45, 7) is 6.30. The molecule has 0 saturated heterocycles. The average molecular weight is 387 g/mol. The van der Waals surface area contributed by atoms with Crippen LogP contribution in [0.1, 0.15) is 18.1 Å². The van der Waals surface area contributed by atoms with E-state index in [1.807, 2.05) is 26.8 Å². The van der Waals surface area contributed by atoms with Crippen molar-refractivity contribution in [3.8, 4) is 17.1 Å². The molecule has 3 aromatic rings. The predicted octanol–water partition coefficient (Wildman–Crippen LogP) is 2.79. The molecule has 0 aliphatic rings. The summed E-state index contributed by atoms with van der Waals surface area (Å²) in [5.41, 5.74) is 3.02. The van der Waals surface area contributed by atoms with Gasteiger partial charge in [0.05, 0.1) is 7.11 Å². The maximum atomic E-state index is 13.0. The van der Waals surface area contributed by atoms with E-state index in [0.717, 1.165) is 11.1 Å². The molecule has 9 heteroatoms. The van der Waals surface area contributed by atoms with Gasteiger partial charge in [-0.15, -0.1) is 5.10 Å². The Morgan fingerprint density at radius 2 is 1.81 bits per heavy atom. The monoisotopic (exact) mass is 387 g/mol. The summed E-state index contributed by atoms with van der Waals surface area (Å²) in [6.07, 6.45) is 0. The van der Waals surface area contributed by atoms with E-state index < -0.39 is 10.0 Å². The molecule has 0 unspecified atom stereocenters. The highest BCUT2D eigenvalue weighted by Crippen LogP contribution is 2.30. The summed E-state index contributed by atoms with van der Waals surface area (Å²) in [6, 6.07) is 10.4. The van der Waals surface area contributed by atoms with Crippen LogP contribution < -0.4 is 9.46 Å². The second kappa shape index (κ2) is 7.36. The number of benzene rings is 2. The van der Waals surface area contributed by atoms with Crippen LogP contribution in [0.15, 0.2) is 41.3 Å². The number of aryl methyl sites for hydroxylation is 3. The largest absolute Gasteiger partial charge is 0.495 e. The Labute approximate surface area is 158 Å². The van der Waals surface area contributed by atoms with Crippen LogP contribution in [-0.2, 0) is 16.6 Å². The number of nitrogens with one attached hydrogen (secondary N) is 1. The molecule has 2 aromatic carbocycles. The number of nitrogens with zero attached hydrogens (tertiary/aromatic N) is 4. The molecule has 1 aromatic heterocycles. The Bertz CT molecular complexity index is 1060. The summed E-state index contributed by atoms with van der Waals surface area (Å²) in [5, 5.41) is 11.5. The highest BCUT2D eigenvalue weighted by atomic mass is 32.2. The Balaban J connectivity index is 2.06. The first-order valence-corrected chi connectivity index (χ1v) is 9.88. The molecule has 0 fully saturated rings. The summed E-state index contributed by atoms with van der Waals surface area (Å²) >= 11 is 0. The molecule has 0 amide bonds. The van der Waals surface area contributed by atoms with Gasteiger partial charge in [0, 0.05) is 17.8 Å². The molecule has 0 aliphatic carbocycles. The average Bonchev–Trinajstić information content (AvgIpc) is 3.08. The molecule has 0 aliphatic heterocycles. The lowest BCUT2D eigenvalue weighted by molar-refractivity contribution is 0.403. The van der Waals surface area contributed by atoms with Crippen molar-refractivity contribution in [2.24, 2.45) is 0 Å². The fourth-order valence-electron chi connectivity index (χ4n) is 2.89. The molecule has 8 nitrogen and oxygen atoms in total. The maximum Gasteiger partial charge on any atom is 0.265 e. The van der Waals surface area contributed by atoms with Crippen molar-refractivity contribution < 1.29 is 13.2 Å². The standard InChI is InChI=1S/C18H21N5O3S/c1-5-23-18(19-21-22-23)14-6-7-16(26-4)17(11-14)27(24,25)20-15-9-12(2)8-13(3)10-15/h6-11,20H,5H2,1-4H3. The maximum absolute atomic E-state index is 13.0. The van der Waals surface area contributed by atoms with Crippen molar-refractivity contribution in [1.82, 2.24) is 20.2 Å². The lowest BCUT2D eigenvalue weighted by Gasteiger charge is -2.14. The topological polar surface area (TPSA) is 99.0 Å². The van der Waals surface area contributed by atoms with Crippen molar-refractivity contribution in [1.29, 1.82) is 0 Å². The van der Waals surface area contributed by atoms with Crippen LogP contribution in [0.2, 0.25) is 0 Å². The zero-order chi connectivity index (χ0) is 19.6. The highest BCUT2D eigenvalue weighted by Gasteiger charge is 2.22. The third-order valence-electron chi connectivity index (χ3n) is 4.02. The van der Waals surface area contributed by atoms with Crippen LogP contribution in [0.25, 0.3) is 11.4 Å². The first kappa shape index (κ1) is 18.8. The van der Waals surface area contributed by atoms with Crippen molar-refractivity contribution in [3.05, 3.63) is 47.5 Å². The number of rotatable bonds is 6. The van der Waals surface area contributed by atoms with Crippen molar-refractivity contribution in [3.63, 3.8) is 0 Å². The predicted molar refractivity (Wildman–Crippen MR) is 102 cm³/mol. The number of sulfonamides is 1. The van der Waals surface area contributed by atoms with E-state index in [4.69, 9.17) is 4.74 Å². The second-order valence-corrected chi connectivity index (χ2v) is 7.82. The summed E-state index contributed by atoms with van der Waals surface area (Å²) in [7, 11) is -2.44. The minimum atomic E-state index is -3.88. The Hall–Kier alpha value is -2.94. The van der Waals surface area contributed by atoms with Gasteiger partial charge in [0.15, 0.2) is 5.82 Å². The number of aromatic nitrogens is 4. The number of ether oxygens (including phenoxy) is 1. The number of tetrazole rings is 1. The number of hydrogen-bond donors (Lipinski definition) is 1. The third kappa shape index (κ3) is 3.92. The quantitative estimate of drug-likeness (QED) is 0.698. The number of anilines is 1. The van der Waals surface area contributed by atoms with Crippen LogP contribution in [0.5, 0.6) is 5.75 Å². The van der Waals surface area contributed by atoms with Crippen LogP contribution in [0.3, 0.4) is 0 Å². The van der Waals surface area contributed by atoms with Gasteiger partial charge in [-0.2, -0.15) is 0 Å². The first-order chi connectivity index (χ1) is 12.8. The van der Waals surface area contributed by atoms with Gasteiger partial charge in [0.25, 0.3) is 10.0 Å². The van der Waals surface area contributed by atoms with Crippen molar-refractivity contribution in [2.75, 3.05) is 11.8 Å². The second-order valence-electron chi connectivity index (χ2n) is 6.17. The smallest absolute Gasteiger partial charge is 0.265 e. The molecule has 1 N–H and O–H groups in total. The molecule has 0 spiro atoms. The van der Waals surface area contributed by atoms with Crippen molar-refractivity contribution >= 4 is 15.7 Å². The van der Waals surface area contributed by atoms with Gasteiger partial charge in [-0.1, -0.05) is 6.07 Å². The number of hydrogen-bond acceptors (Lipinski definition) is 6. The SMILES string of the molecule is CCn1nnnc1-c1ccc(OC)c(S(=O)(=O)Nc2cc(C)cc(C)c2)c1. The third-order valence-corrected chi connectivity index (χ3v) is 5.42. The Kier molecular flexibility index (Phi) is 5.13. The molecule has 0 atom stereocenters. The van der Waals surface area contributed by atoms with Crippen LogP contribution >= 0.6 is 0 Å². The van der Waals surface area contributed by atoms with Gasteiger partial charge < -0.3 is 4.74 Å². The van der Waals surface area contributed by atoms with E-state index in [2.05, 4.69) is 20.2 Å². The van der Waals surface area contributed by atoms with Crippen molar-refractivity contribution in [2.45, 2.75) is 32.2 Å². The molecule has 0 radical (unpaired) electrons. The van der Waals surface area contributed by atoms with Crippen LogP contribution in [-0.4, -0.2) is 35.7 Å². The highest BCUT2D eigenvalue weighted by molar-refractivity contribution is 7.92. The molecule has 0 bridgehead atoms. The zero-order valence-corrected chi connectivity index (χ0v) is 16.4. The summed E-state index contributed by atoms with van der Waals surface area (Å²) in [4.78, 5) is 0.0207. The van der Waals surface area contributed by atoms with E-state index >= 15 is 0 Å². The lowest BCUT2D eigenvalue weighted by Crippen LogP contribution is -2.14. The molecular weight excluding hydrogens is 366 g/mol. The normalized spacial score (nSPS) is 11.4. The number of methoxy groups -OCH3 is 1. The van der Waals surface area contributed by atoms with Gasteiger partial charge in [-0.3, -0.25) is 4.72 Å². The van der Waals surface area contributed by atoms with Crippen LogP contribution in [0.4, 0.5) is 5.69 Å². The van der Waals surface area contributed by atoms with E-state index in [1.54, 1.807) is 28.9 Å². The zero-order valence-electron chi connectivity index (χ0n) is 15.6. The van der Waals surface area contributed by atoms with Gasteiger partial charge >= 0.3 is 0 Å². The summed E-state index contributed by atoms with van der Waals surface area (Å²) in [5.74, 6) is 0.731. The first-order valence-electron chi connectivity index (χ1n) is 8.39. The molecule has 3 rings (SSSR count). The van der Waals surface area contributed by atoms with Gasteiger partial charge in [0.1, 0.15) is 10.6 Å². The molecular formula is C18H21N5O3S. The minimum Gasteiger partial charge on any atom is -0.495 e. The molecule has 27 heavy (non-hydrogen) atoms. The summed E-state index contributed by atoms with van der Waals surface area (Å²) < 4.78 is 35.5. The fourth-order valence-corrected chi connectivity index (χ4v) is 4.13. The molecule has 142 valence electrons. The van der Waals surface area contributed by atoms with E-state index in [0.29, 0.717) is 23.6 Å². The Morgan fingerprint density at radius 3 is 2.44 bits per heavy atom.